The van der Waals surface area contributed by atoms with Crippen molar-refractivity contribution in [3.8, 4) is 11.3 Å². The van der Waals surface area contributed by atoms with Gasteiger partial charge in [0.2, 0.25) is 0 Å². The molecule has 7 heteroatoms. The second-order valence-electron chi connectivity index (χ2n) is 7.94. The second kappa shape index (κ2) is 9.19. The summed E-state index contributed by atoms with van der Waals surface area (Å²) in [5.74, 6) is 0. The fourth-order valence-electron chi connectivity index (χ4n) is 4.27. The van der Waals surface area contributed by atoms with E-state index in [1.165, 1.54) is 19.3 Å². The van der Waals surface area contributed by atoms with Crippen LogP contribution in [-0.4, -0.2) is 50.9 Å². The van der Waals surface area contributed by atoms with E-state index in [4.69, 9.17) is 0 Å². The van der Waals surface area contributed by atoms with Gasteiger partial charge in [0.25, 0.3) is 0 Å². The van der Waals surface area contributed by atoms with Crippen molar-refractivity contribution in [2.75, 3.05) is 13.1 Å². The quantitative estimate of drug-likeness (QED) is 0.834. The molecule has 1 aliphatic carbocycles. The molecule has 0 aromatic carbocycles. The number of amides is 2. The minimum absolute atomic E-state index is 0.0105. The number of hydrogen-bond acceptors (Lipinski definition) is 4. The average molecular weight is 383 g/mol. The Labute approximate surface area is 166 Å². The molecule has 2 aromatic rings. The summed E-state index contributed by atoms with van der Waals surface area (Å²) < 4.78 is 2.03. The molecule has 0 atom stereocenters. The standard InChI is InChI=1S/C21H30N6O/c28-21(24-18-6-2-1-3-7-18)25-19-9-13-26(14-10-19)16-27-20(8-12-23-27)17-5-4-11-22-15-17/h4-5,8,11-12,15,18-19H,1-3,6-7,9-10,13-14,16H2,(H2,24,25,28). The fraction of sp³-hybridized carbons (Fsp3) is 0.571. The topological polar surface area (TPSA) is 75.1 Å². The van der Waals surface area contributed by atoms with Crippen LogP contribution in [0.5, 0.6) is 0 Å². The van der Waals surface area contributed by atoms with Crippen molar-refractivity contribution < 1.29 is 4.79 Å². The molecule has 1 saturated heterocycles. The Hall–Kier alpha value is -2.41. The Morgan fingerprint density at radius 1 is 1.00 bits per heavy atom. The maximum Gasteiger partial charge on any atom is 0.315 e. The number of nitrogens with zero attached hydrogens (tertiary/aromatic N) is 4. The third kappa shape index (κ3) is 4.90. The molecule has 1 saturated carbocycles. The molecule has 3 heterocycles. The van der Waals surface area contributed by atoms with E-state index in [0.29, 0.717) is 6.04 Å². The summed E-state index contributed by atoms with van der Waals surface area (Å²) >= 11 is 0. The highest BCUT2D eigenvalue weighted by atomic mass is 16.2. The zero-order valence-corrected chi connectivity index (χ0v) is 16.4. The minimum Gasteiger partial charge on any atom is -0.335 e. The van der Waals surface area contributed by atoms with E-state index in [1.807, 2.05) is 29.2 Å². The Morgan fingerprint density at radius 3 is 2.46 bits per heavy atom. The molecule has 150 valence electrons. The zero-order chi connectivity index (χ0) is 19.2. The molecule has 0 bridgehead atoms. The van der Waals surface area contributed by atoms with E-state index in [1.54, 1.807) is 6.20 Å². The monoisotopic (exact) mass is 382 g/mol. The molecule has 1 aliphatic heterocycles. The molecule has 7 nitrogen and oxygen atoms in total. The Bertz CT molecular complexity index is 747. The first-order valence-corrected chi connectivity index (χ1v) is 10.5. The van der Waals surface area contributed by atoms with Gasteiger partial charge in [-0.3, -0.25) is 14.6 Å². The molecule has 2 aliphatic rings. The van der Waals surface area contributed by atoms with Gasteiger partial charge in [0.1, 0.15) is 0 Å². The van der Waals surface area contributed by atoms with Crippen LogP contribution in [0.4, 0.5) is 4.79 Å². The van der Waals surface area contributed by atoms with Crippen molar-refractivity contribution in [2.24, 2.45) is 0 Å². The third-order valence-electron chi connectivity index (χ3n) is 5.87. The second-order valence-corrected chi connectivity index (χ2v) is 7.94. The van der Waals surface area contributed by atoms with Gasteiger partial charge in [-0.25, -0.2) is 4.79 Å². The van der Waals surface area contributed by atoms with Gasteiger partial charge >= 0.3 is 6.03 Å². The van der Waals surface area contributed by atoms with Crippen LogP contribution in [0, 0.1) is 0 Å². The summed E-state index contributed by atoms with van der Waals surface area (Å²) in [6.07, 6.45) is 13.5. The first-order valence-electron chi connectivity index (χ1n) is 10.5. The molecule has 0 unspecified atom stereocenters. The molecule has 2 aromatic heterocycles. The van der Waals surface area contributed by atoms with Crippen LogP contribution in [0.3, 0.4) is 0 Å². The number of carbonyl (C=O) groups excluding carboxylic acids is 1. The summed E-state index contributed by atoms with van der Waals surface area (Å²) in [6, 6.07) is 6.66. The lowest BCUT2D eigenvalue weighted by Gasteiger charge is -2.33. The first kappa shape index (κ1) is 18.9. The molecular formula is C21H30N6O. The Morgan fingerprint density at radius 2 is 1.75 bits per heavy atom. The lowest BCUT2D eigenvalue weighted by molar-refractivity contribution is 0.152. The summed E-state index contributed by atoms with van der Waals surface area (Å²) in [5, 5.41) is 10.8. The maximum atomic E-state index is 12.3. The van der Waals surface area contributed by atoms with Crippen molar-refractivity contribution >= 4 is 6.03 Å². The van der Waals surface area contributed by atoms with Crippen molar-refractivity contribution in [2.45, 2.75) is 63.7 Å². The molecule has 2 N–H and O–H groups in total. The largest absolute Gasteiger partial charge is 0.335 e. The number of aromatic nitrogens is 3. The molecule has 4 rings (SSSR count). The highest BCUT2D eigenvalue weighted by molar-refractivity contribution is 5.74. The van der Waals surface area contributed by atoms with Crippen molar-refractivity contribution in [1.29, 1.82) is 0 Å². The molecule has 2 fully saturated rings. The zero-order valence-electron chi connectivity index (χ0n) is 16.4. The van der Waals surface area contributed by atoms with Crippen LogP contribution in [-0.2, 0) is 6.67 Å². The summed E-state index contributed by atoms with van der Waals surface area (Å²) in [5.41, 5.74) is 2.16. The number of nitrogens with one attached hydrogen (secondary N) is 2. The number of urea groups is 1. The van der Waals surface area contributed by atoms with E-state index in [-0.39, 0.29) is 12.1 Å². The van der Waals surface area contributed by atoms with Gasteiger partial charge < -0.3 is 10.6 Å². The number of carbonyl (C=O) groups is 1. The van der Waals surface area contributed by atoms with Crippen molar-refractivity contribution in [1.82, 2.24) is 30.3 Å². The Kier molecular flexibility index (Phi) is 6.21. The highest BCUT2D eigenvalue weighted by Crippen LogP contribution is 2.20. The number of pyridine rings is 1. The van der Waals surface area contributed by atoms with Crippen molar-refractivity contribution in [3.63, 3.8) is 0 Å². The van der Waals surface area contributed by atoms with Gasteiger partial charge in [-0.15, -0.1) is 0 Å². The maximum absolute atomic E-state index is 12.3. The molecular weight excluding hydrogens is 352 g/mol. The molecule has 0 radical (unpaired) electrons. The van der Waals surface area contributed by atoms with E-state index in [0.717, 1.165) is 56.7 Å². The van der Waals surface area contributed by atoms with Crippen LogP contribution in [0.25, 0.3) is 11.3 Å². The molecule has 2 amide bonds. The van der Waals surface area contributed by atoms with Crippen molar-refractivity contribution in [3.05, 3.63) is 36.8 Å². The van der Waals surface area contributed by atoms with Gasteiger partial charge in [0.15, 0.2) is 0 Å². The van der Waals surface area contributed by atoms with E-state index >= 15 is 0 Å². The number of likely N-dealkylation sites (tertiary alicyclic amines) is 1. The predicted octanol–water partition coefficient (Wildman–Crippen LogP) is 3.00. The van der Waals surface area contributed by atoms with Gasteiger partial charge in [0, 0.05) is 49.3 Å². The predicted molar refractivity (Wildman–Crippen MR) is 109 cm³/mol. The normalized spacial score (nSPS) is 19.4. The van der Waals surface area contributed by atoms with Crippen LogP contribution in [0.15, 0.2) is 36.8 Å². The van der Waals surface area contributed by atoms with Crippen LogP contribution >= 0.6 is 0 Å². The van der Waals surface area contributed by atoms with E-state index < -0.39 is 0 Å². The van der Waals surface area contributed by atoms with Crippen LogP contribution in [0.2, 0.25) is 0 Å². The number of hydrogen-bond donors (Lipinski definition) is 2. The lowest BCUT2D eigenvalue weighted by Crippen LogP contribution is -2.50. The van der Waals surface area contributed by atoms with E-state index in [2.05, 4.69) is 31.7 Å². The summed E-state index contributed by atoms with van der Waals surface area (Å²) in [6.45, 7) is 2.68. The lowest BCUT2D eigenvalue weighted by atomic mass is 9.96. The molecule has 0 spiro atoms. The van der Waals surface area contributed by atoms with Gasteiger partial charge in [-0.2, -0.15) is 5.10 Å². The van der Waals surface area contributed by atoms with Gasteiger partial charge in [0.05, 0.1) is 12.4 Å². The number of rotatable bonds is 5. The Balaban J connectivity index is 1.24. The third-order valence-corrected chi connectivity index (χ3v) is 5.87. The first-order chi connectivity index (χ1) is 13.8. The smallest absolute Gasteiger partial charge is 0.315 e. The minimum atomic E-state index is 0.0105. The van der Waals surface area contributed by atoms with E-state index in [9.17, 15) is 4.79 Å². The SMILES string of the molecule is O=C(NC1CCCCC1)NC1CCN(Cn2nccc2-c2cccnc2)CC1. The molecule has 28 heavy (non-hydrogen) atoms. The van der Waals surface area contributed by atoms with Crippen LogP contribution in [0.1, 0.15) is 44.9 Å². The van der Waals surface area contributed by atoms with Gasteiger partial charge in [-0.05, 0) is 43.9 Å². The van der Waals surface area contributed by atoms with Gasteiger partial charge in [-0.1, -0.05) is 19.3 Å². The summed E-state index contributed by atoms with van der Waals surface area (Å²) in [4.78, 5) is 18.9. The number of piperidine rings is 1. The highest BCUT2D eigenvalue weighted by Gasteiger charge is 2.23. The average Bonchev–Trinajstić information content (AvgIpc) is 3.19. The fourth-order valence-corrected chi connectivity index (χ4v) is 4.27. The summed E-state index contributed by atoms with van der Waals surface area (Å²) in [7, 11) is 0. The van der Waals surface area contributed by atoms with Crippen LogP contribution < -0.4 is 10.6 Å².